The van der Waals surface area contributed by atoms with Gasteiger partial charge >= 0.3 is 11.9 Å². The smallest absolute Gasteiger partial charge is 0.347 e. The molecule has 0 amide bonds. The van der Waals surface area contributed by atoms with E-state index < -0.39 is 29.1 Å². The maximum Gasteiger partial charge on any atom is 0.347 e. The van der Waals surface area contributed by atoms with E-state index in [1.165, 1.54) is 0 Å². The Bertz CT molecular complexity index is 518. The second kappa shape index (κ2) is 6.43. The summed E-state index contributed by atoms with van der Waals surface area (Å²) in [5, 5.41) is -1.80. The monoisotopic (exact) mass is 314 g/mol. The summed E-state index contributed by atoms with van der Waals surface area (Å²) in [5.41, 5.74) is 0.319. The van der Waals surface area contributed by atoms with Crippen LogP contribution in [0, 0.1) is 5.92 Å². The number of carbonyl (C=O) groups is 2. The Morgan fingerprint density at radius 3 is 2.57 bits per heavy atom. The number of hydrogen-bond acceptors (Lipinski definition) is 4. The van der Waals surface area contributed by atoms with Gasteiger partial charge in [-0.2, -0.15) is 0 Å². The Morgan fingerprint density at radius 2 is 2.05 bits per heavy atom. The lowest BCUT2D eigenvalue weighted by molar-refractivity contribution is -0.154. The molecule has 1 aliphatic rings. The van der Waals surface area contributed by atoms with Gasteiger partial charge in [-0.3, -0.25) is 0 Å². The number of benzene rings is 1. The molecule has 1 saturated carbocycles. The summed E-state index contributed by atoms with van der Waals surface area (Å²) in [6, 6.07) is 8.27. The molecule has 0 bridgehead atoms. The van der Waals surface area contributed by atoms with Gasteiger partial charge in [0.1, 0.15) is 0 Å². The van der Waals surface area contributed by atoms with E-state index in [-0.39, 0.29) is 19.4 Å². The summed E-state index contributed by atoms with van der Waals surface area (Å²) in [6.07, 6.45) is -0.968. The van der Waals surface area contributed by atoms with E-state index in [1.54, 1.807) is 37.3 Å². The van der Waals surface area contributed by atoms with Crippen molar-refractivity contribution in [3.8, 4) is 0 Å². The molecular weight excluding hydrogens is 299 g/mol. The minimum Gasteiger partial charge on any atom is -0.463 e. The van der Waals surface area contributed by atoms with Crippen LogP contribution in [0.2, 0.25) is 0 Å². The summed E-state index contributed by atoms with van der Waals surface area (Å²) in [5.74, 6) is -1.83. The second-order valence-electron chi connectivity index (χ2n) is 4.91. The minimum atomic E-state index is -1.80. The van der Waals surface area contributed by atoms with Gasteiger partial charge in [0.25, 0.3) is 0 Å². The molecule has 0 saturated heterocycles. The highest BCUT2D eigenvalue weighted by Gasteiger charge is 2.55. The summed E-state index contributed by atoms with van der Waals surface area (Å²) in [7, 11) is 0. The maximum atomic E-state index is 13.4. The van der Waals surface area contributed by atoms with E-state index in [9.17, 15) is 14.0 Å². The topological polar surface area (TPSA) is 52.6 Å². The number of halogens is 2. The van der Waals surface area contributed by atoms with E-state index >= 15 is 0 Å². The van der Waals surface area contributed by atoms with E-state index in [2.05, 4.69) is 0 Å². The van der Waals surface area contributed by atoms with Crippen molar-refractivity contribution < 1.29 is 23.5 Å². The molecule has 1 fully saturated rings. The lowest BCUT2D eigenvalue weighted by Gasteiger charge is -2.16. The molecular formula is C15H16ClFO4. The number of hydrogen-bond donors (Lipinski definition) is 0. The molecule has 114 valence electrons. The third-order valence-electron chi connectivity index (χ3n) is 3.26. The van der Waals surface area contributed by atoms with E-state index in [1.807, 2.05) is 0 Å². The normalized spacial score (nSPS) is 25.0. The van der Waals surface area contributed by atoms with E-state index in [4.69, 9.17) is 21.1 Å². The molecule has 0 aromatic heterocycles. The van der Waals surface area contributed by atoms with Crippen LogP contribution in [-0.4, -0.2) is 29.8 Å². The lowest BCUT2D eigenvalue weighted by atomic mass is 10.1. The summed E-state index contributed by atoms with van der Waals surface area (Å²) in [6.45, 7) is 1.80. The SMILES string of the molecule is CCOC(=O)C(CC1CC1(F)Cl)OC(=O)c1ccccc1. The summed E-state index contributed by atoms with van der Waals surface area (Å²) < 4.78 is 23.4. The zero-order valence-electron chi connectivity index (χ0n) is 11.6. The molecule has 0 heterocycles. The highest BCUT2D eigenvalue weighted by molar-refractivity contribution is 6.25. The third kappa shape index (κ3) is 4.17. The van der Waals surface area contributed by atoms with Gasteiger partial charge < -0.3 is 9.47 Å². The Hall–Kier alpha value is -1.62. The fourth-order valence-electron chi connectivity index (χ4n) is 1.98. The standard InChI is InChI=1S/C15H16ClFO4/c1-2-20-14(19)12(8-11-9-15(11,16)17)21-13(18)10-6-4-3-5-7-10/h3-7,11-12H,2,8-9H2,1H3. The number of alkyl halides is 2. The highest BCUT2D eigenvalue weighted by atomic mass is 35.5. The predicted octanol–water partition coefficient (Wildman–Crippen LogP) is 3.09. The van der Waals surface area contributed by atoms with Gasteiger partial charge in [0.05, 0.1) is 12.2 Å². The zero-order valence-corrected chi connectivity index (χ0v) is 12.3. The van der Waals surface area contributed by atoms with Crippen molar-refractivity contribution in [1.29, 1.82) is 0 Å². The first-order valence-electron chi connectivity index (χ1n) is 6.74. The van der Waals surface area contributed by atoms with Crippen molar-refractivity contribution in [2.75, 3.05) is 6.61 Å². The van der Waals surface area contributed by atoms with Gasteiger partial charge in [-0.1, -0.05) is 29.8 Å². The van der Waals surface area contributed by atoms with Crippen LogP contribution < -0.4 is 0 Å². The average molecular weight is 315 g/mol. The fourth-order valence-corrected chi connectivity index (χ4v) is 2.26. The quantitative estimate of drug-likeness (QED) is 0.598. The van der Waals surface area contributed by atoms with Crippen LogP contribution in [0.5, 0.6) is 0 Å². The number of esters is 2. The second-order valence-corrected chi connectivity index (χ2v) is 5.54. The van der Waals surface area contributed by atoms with Crippen molar-refractivity contribution in [2.45, 2.75) is 31.0 Å². The Morgan fingerprint density at radius 1 is 1.43 bits per heavy atom. The molecule has 6 heteroatoms. The molecule has 21 heavy (non-hydrogen) atoms. The van der Waals surface area contributed by atoms with Crippen molar-refractivity contribution in [3.63, 3.8) is 0 Å². The van der Waals surface area contributed by atoms with Gasteiger partial charge in [0.15, 0.2) is 11.2 Å². The molecule has 1 aliphatic carbocycles. The van der Waals surface area contributed by atoms with E-state index in [0.29, 0.717) is 5.56 Å². The van der Waals surface area contributed by atoms with Crippen LogP contribution in [0.4, 0.5) is 4.39 Å². The summed E-state index contributed by atoms with van der Waals surface area (Å²) in [4.78, 5) is 23.8. The first-order chi connectivity index (χ1) is 9.94. The van der Waals surface area contributed by atoms with Crippen molar-refractivity contribution >= 4 is 23.5 Å². The molecule has 3 unspecified atom stereocenters. The molecule has 1 aromatic carbocycles. The molecule has 0 radical (unpaired) electrons. The molecule has 4 nitrogen and oxygen atoms in total. The summed E-state index contributed by atoms with van der Waals surface area (Å²) >= 11 is 5.53. The minimum absolute atomic E-state index is 0.0252. The van der Waals surface area contributed by atoms with Gasteiger partial charge in [-0.05, 0) is 19.1 Å². The van der Waals surface area contributed by atoms with Crippen LogP contribution >= 0.6 is 11.6 Å². The highest BCUT2D eigenvalue weighted by Crippen LogP contribution is 2.53. The average Bonchev–Trinajstić information content (AvgIpc) is 3.06. The Labute approximate surface area is 127 Å². The fraction of sp³-hybridized carbons (Fsp3) is 0.467. The molecule has 0 spiro atoms. The molecule has 1 aromatic rings. The number of rotatable bonds is 6. The largest absolute Gasteiger partial charge is 0.463 e. The van der Waals surface area contributed by atoms with Gasteiger partial charge in [0, 0.05) is 18.8 Å². The molecule has 3 atom stereocenters. The molecule has 2 rings (SSSR count). The third-order valence-corrected chi connectivity index (χ3v) is 3.73. The van der Waals surface area contributed by atoms with Crippen LogP contribution in [-0.2, 0) is 14.3 Å². The lowest BCUT2D eigenvalue weighted by Crippen LogP contribution is -2.30. The van der Waals surface area contributed by atoms with Crippen molar-refractivity contribution in [1.82, 2.24) is 0 Å². The number of carbonyl (C=O) groups excluding carboxylic acids is 2. The van der Waals surface area contributed by atoms with Gasteiger partial charge in [0.2, 0.25) is 0 Å². The zero-order chi connectivity index (χ0) is 15.5. The van der Waals surface area contributed by atoms with E-state index in [0.717, 1.165) is 0 Å². The first kappa shape index (κ1) is 15.8. The maximum absolute atomic E-state index is 13.4. The van der Waals surface area contributed by atoms with Gasteiger partial charge in [-0.15, -0.1) is 0 Å². The van der Waals surface area contributed by atoms with Crippen LogP contribution in [0.3, 0.4) is 0 Å². The Balaban J connectivity index is 2.01. The molecule has 0 aliphatic heterocycles. The predicted molar refractivity (Wildman–Crippen MR) is 74.7 cm³/mol. The number of ether oxygens (including phenoxy) is 2. The first-order valence-corrected chi connectivity index (χ1v) is 7.12. The van der Waals surface area contributed by atoms with Crippen molar-refractivity contribution in [3.05, 3.63) is 35.9 Å². The van der Waals surface area contributed by atoms with Crippen LogP contribution in [0.25, 0.3) is 0 Å². The Kier molecular flexibility index (Phi) is 4.83. The molecule has 0 N–H and O–H groups in total. The van der Waals surface area contributed by atoms with Crippen LogP contribution in [0.1, 0.15) is 30.1 Å². The van der Waals surface area contributed by atoms with Crippen molar-refractivity contribution in [2.24, 2.45) is 5.92 Å². The van der Waals surface area contributed by atoms with Gasteiger partial charge in [-0.25, -0.2) is 14.0 Å². The van der Waals surface area contributed by atoms with Crippen LogP contribution in [0.15, 0.2) is 30.3 Å².